The number of hydrogen-bond acceptors (Lipinski definition) is 5. The van der Waals surface area contributed by atoms with Gasteiger partial charge in [0.25, 0.3) is 10.0 Å². The molecule has 0 radical (unpaired) electrons. The molecule has 1 heterocycles. The molecule has 0 atom stereocenters. The number of sulfonamides is 1. The number of anilines is 2. The van der Waals surface area contributed by atoms with Crippen LogP contribution in [0.1, 0.15) is 12.5 Å². The third kappa shape index (κ3) is 3.13. The number of aromatic nitrogens is 2. The van der Waals surface area contributed by atoms with E-state index in [-0.39, 0.29) is 4.90 Å². The fourth-order valence-corrected chi connectivity index (χ4v) is 3.34. The van der Waals surface area contributed by atoms with Crippen molar-refractivity contribution in [3.05, 3.63) is 42.2 Å². The zero-order valence-corrected chi connectivity index (χ0v) is 13.1. The van der Waals surface area contributed by atoms with Gasteiger partial charge in [0.05, 0.1) is 18.1 Å². The van der Waals surface area contributed by atoms with Gasteiger partial charge >= 0.3 is 0 Å². The molecule has 0 spiro atoms. The first-order valence-corrected chi connectivity index (χ1v) is 8.02. The van der Waals surface area contributed by atoms with E-state index < -0.39 is 10.0 Å². The molecule has 0 aliphatic rings. The van der Waals surface area contributed by atoms with Crippen LogP contribution in [-0.4, -0.2) is 32.0 Å². The topological polar surface area (TPSA) is 75.2 Å². The second-order valence-electron chi connectivity index (χ2n) is 4.50. The number of aryl methyl sites for hydroxylation is 1. The average Bonchev–Trinajstić information content (AvgIpc) is 2.48. The molecule has 1 N–H and O–H groups in total. The van der Waals surface area contributed by atoms with Gasteiger partial charge in [0.2, 0.25) is 5.95 Å². The summed E-state index contributed by atoms with van der Waals surface area (Å²) in [6, 6.07) is 7.37. The van der Waals surface area contributed by atoms with Crippen LogP contribution in [0.25, 0.3) is 0 Å². The summed E-state index contributed by atoms with van der Waals surface area (Å²) in [6.07, 6.45) is 2.62. The predicted octanol–water partition coefficient (Wildman–Crippen LogP) is 2.04. The Balaban J connectivity index is 2.44. The molecule has 0 saturated heterocycles. The van der Waals surface area contributed by atoms with Crippen molar-refractivity contribution in [2.24, 2.45) is 0 Å². The van der Waals surface area contributed by atoms with Gasteiger partial charge in [-0.15, -0.1) is 0 Å². The first-order valence-electron chi connectivity index (χ1n) is 6.58. The third-order valence-electron chi connectivity index (χ3n) is 3.02. The van der Waals surface area contributed by atoms with Gasteiger partial charge in [0.15, 0.2) is 0 Å². The maximum absolute atomic E-state index is 12.7. The van der Waals surface area contributed by atoms with E-state index in [0.717, 1.165) is 5.56 Å². The van der Waals surface area contributed by atoms with E-state index in [2.05, 4.69) is 15.3 Å². The van der Waals surface area contributed by atoms with Crippen LogP contribution in [0.4, 0.5) is 11.6 Å². The smallest absolute Gasteiger partial charge is 0.267 e. The Labute approximate surface area is 124 Å². The highest BCUT2D eigenvalue weighted by Gasteiger charge is 2.24. The van der Waals surface area contributed by atoms with Crippen molar-refractivity contribution in [2.45, 2.75) is 18.7 Å². The highest BCUT2D eigenvalue weighted by Crippen LogP contribution is 2.23. The normalized spacial score (nSPS) is 11.2. The minimum atomic E-state index is -3.67. The van der Waals surface area contributed by atoms with E-state index in [9.17, 15) is 8.42 Å². The van der Waals surface area contributed by atoms with Crippen LogP contribution in [-0.2, 0) is 10.0 Å². The van der Waals surface area contributed by atoms with Crippen LogP contribution in [0.5, 0.6) is 0 Å². The van der Waals surface area contributed by atoms with Crippen molar-refractivity contribution in [1.82, 2.24) is 9.97 Å². The molecule has 0 aliphatic heterocycles. The Bertz CT molecular complexity index is 714. The predicted molar refractivity (Wildman–Crippen MR) is 83.0 cm³/mol. The highest BCUT2D eigenvalue weighted by atomic mass is 32.2. The van der Waals surface area contributed by atoms with Crippen LogP contribution >= 0.6 is 0 Å². The van der Waals surface area contributed by atoms with E-state index in [4.69, 9.17) is 0 Å². The number of nitrogens with one attached hydrogen (secondary N) is 1. The summed E-state index contributed by atoms with van der Waals surface area (Å²) in [7, 11) is -1.99. The highest BCUT2D eigenvalue weighted by molar-refractivity contribution is 7.92. The summed E-state index contributed by atoms with van der Waals surface area (Å²) in [5.41, 5.74) is 1.64. The molecule has 7 heteroatoms. The first-order chi connectivity index (χ1) is 9.98. The molecule has 2 rings (SSSR count). The lowest BCUT2D eigenvalue weighted by atomic mass is 10.2. The van der Waals surface area contributed by atoms with Gasteiger partial charge in [-0.2, -0.15) is 0 Å². The quantitative estimate of drug-likeness (QED) is 0.915. The van der Waals surface area contributed by atoms with Gasteiger partial charge in [-0.3, -0.25) is 4.31 Å². The summed E-state index contributed by atoms with van der Waals surface area (Å²) in [5.74, 6) is 0.382. The van der Waals surface area contributed by atoms with E-state index in [0.29, 0.717) is 18.2 Å². The number of benzene rings is 1. The molecule has 0 unspecified atom stereocenters. The minimum absolute atomic E-state index is 0.0739. The summed E-state index contributed by atoms with van der Waals surface area (Å²) in [4.78, 5) is 8.00. The van der Waals surface area contributed by atoms with Crippen molar-refractivity contribution in [3.8, 4) is 0 Å². The SMILES string of the molecule is CCN(c1cccc(C)c1)S(=O)(=O)c1cnc(NC)nc1. The zero-order valence-electron chi connectivity index (χ0n) is 12.2. The van der Waals surface area contributed by atoms with Gasteiger partial charge in [-0.1, -0.05) is 12.1 Å². The maximum atomic E-state index is 12.7. The summed E-state index contributed by atoms with van der Waals surface area (Å²) < 4.78 is 26.7. The Kier molecular flexibility index (Phi) is 4.42. The van der Waals surface area contributed by atoms with Crippen molar-refractivity contribution in [3.63, 3.8) is 0 Å². The number of rotatable bonds is 5. The molecule has 1 aromatic heterocycles. The average molecular weight is 306 g/mol. The van der Waals surface area contributed by atoms with Gasteiger partial charge in [-0.25, -0.2) is 18.4 Å². The lowest BCUT2D eigenvalue weighted by Gasteiger charge is -2.23. The maximum Gasteiger partial charge on any atom is 0.267 e. The van der Waals surface area contributed by atoms with Crippen molar-refractivity contribution >= 4 is 21.7 Å². The van der Waals surface area contributed by atoms with Gasteiger partial charge in [0, 0.05) is 13.6 Å². The minimum Gasteiger partial charge on any atom is -0.357 e. The van der Waals surface area contributed by atoms with Crippen LogP contribution < -0.4 is 9.62 Å². The zero-order chi connectivity index (χ0) is 15.5. The third-order valence-corrected chi connectivity index (χ3v) is 4.87. The van der Waals surface area contributed by atoms with Crippen LogP contribution in [0.3, 0.4) is 0 Å². The van der Waals surface area contributed by atoms with Crippen molar-refractivity contribution in [1.29, 1.82) is 0 Å². The molecule has 0 amide bonds. The lowest BCUT2D eigenvalue weighted by Crippen LogP contribution is -2.31. The molecule has 0 bridgehead atoms. The molecule has 112 valence electrons. The van der Waals surface area contributed by atoms with E-state index in [1.54, 1.807) is 20.0 Å². The largest absolute Gasteiger partial charge is 0.357 e. The summed E-state index contributed by atoms with van der Waals surface area (Å²) in [5, 5.41) is 2.76. The standard InChI is InChI=1S/C14H18N4O2S/c1-4-18(12-7-5-6-11(2)8-12)21(19,20)13-9-16-14(15-3)17-10-13/h5-10H,4H2,1-3H3,(H,15,16,17). The molecule has 0 saturated carbocycles. The second-order valence-corrected chi connectivity index (χ2v) is 6.36. The second kappa shape index (κ2) is 6.09. The first kappa shape index (κ1) is 15.2. The molecule has 0 fully saturated rings. The Morgan fingerprint density at radius 3 is 2.43 bits per heavy atom. The molecular weight excluding hydrogens is 288 g/mol. The molecule has 1 aromatic carbocycles. The van der Waals surface area contributed by atoms with Crippen LogP contribution in [0.2, 0.25) is 0 Å². The number of nitrogens with zero attached hydrogens (tertiary/aromatic N) is 3. The summed E-state index contributed by atoms with van der Waals surface area (Å²) in [6.45, 7) is 4.05. The lowest BCUT2D eigenvalue weighted by molar-refractivity contribution is 0.591. The Morgan fingerprint density at radius 1 is 1.24 bits per heavy atom. The van der Waals surface area contributed by atoms with E-state index >= 15 is 0 Å². The van der Waals surface area contributed by atoms with Crippen molar-refractivity contribution < 1.29 is 8.42 Å². The molecule has 6 nitrogen and oxygen atoms in total. The Hall–Kier alpha value is -2.15. The molecule has 0 aliphatic carbocycles. The molecule has 2 aromatic rings. The summed E-state index contributed by atoms with van der Waals surface area (Å²) >= 11 is 0. The fraction of sp³-hybridized carbons (Fsp3) is 0.286. The van der Waals surface area contributed by atoms with Gasteiger partial charge in [0.1, 0.15) is 4.90 Å². The van der Waals surface area contributed by atoms with Crippen LogP contribution in [0.15, 0.2) is 41.6 Å². The van der Waals surface area contributed by atoms with Gasteiger partial charge < -0.3 is 5.32 Å². The van der Waals surface area contributed by atoms with Crippen LogP contribution in [0, 0.1) is 6.92 Å². The van der Waals surface area contributed by atoms with Gasteiger partial charge in [-0.05, 0) is 31.5 Å². The van der Waals surface area contributed by atoms with E-state index in [1.807, 2.05) is 25.1 Å². The Morgan fingerprint density at radius 2 is 1.90 bits per heavy atom. The molecule has 21 heavy (non-hydrogen) atoms. The monoisotopic (exact) mass is 306 g/mol. The number of hydrogen-bond donors (Lipinski definition) is 1. The van der Waals surface area contributed by atoms with E-state index in [1.165, 1.54) is 16.7 Å². The fourth-order valence-electron chi connectivity index (χ4n) is 1.98. The van der Waals surface area contributed by atoms with Crippen molar-refractivity contribution in [2.75, 3.05) is 23.2 Å². The molecular formula is C14H18N4O2S.